The Morgan fingerprint density at radius 1 is 0.415 bits per heavy atom. The average molecular weight is 588 g/mol. The van der Waals surface area contributed by atoms with Crippen LogP contribution in [0.15, 0.2) is 24.3 Å². The fraction of sp³-hybridized carbons (Fsp3) is 0.375. The first-order valence-corrected chi connectivity index (χ1v) is 14.8. The first kappa shape index (κ1) is 25.1. The minimum absolute atomic E-state index is 0. The van der Waals surface area contributed by atoms with Gasteiger partial charge in [-0.3, -0.25) is 0 Å². The molecule has 5 aliphatic rings. The second-order valence-corrected chi connectivity index (χ2v) is 11.5. The molecular weight excluding hydrogens is 560 g/mol. The Morgan fingerprint density at radius 3 is 1.17 bits per heavy atom. The molecule has 9 heteroatoms. The number of rotatable bonds is 0. The average Bonchev–Trinajstić information content (AvgIpc) is 3.73. The summed E-state index contributed by atoms with van der Waals surface area (Å²) in [5, 5.41) is 0. The van der Waals surface area contributed by atoms with E-state index in [0.29, 0.717) is 11.6 Å². The van der Waals surface area contributed by atoms with E-state index in [1.165, 1.54) is 33.4 Å². The Bertz CT molecular complexity index is 1800. The van der Waals surface area contributed by atoms with Crippen LogP contribution in [-0.2, 0) is 42.8 Å². The van der Waals surface area contributed by atoms with Gasteiger partial charge in [-0.25, -0.2) is 9.97 Å². The van der Waals surface area contributed by atoms with Crippen molar-refractivity contribution in [1.82, 2.24) is 39.9 Å². The molecule has 3 aliphatic carbocycles. The molecular formula is C32H28CuN8. The van der Waals surface area contributed by atoms with Crippen molar-refractivity contribution in [3.63, 3.8) is 0 Å². The Hall–Kier alpha value is -3.68. The van der Waals surface area contributed by atoms with Gasteiger partial charge in [0.05, 0.1) is 23.3 Å². The third kappa shape index (κ3) is 3.93. The number of nitrogens with zero attached hydrogens (tertiary/aromatic N) is 8. The maximum absolute atomic E-state index is 5.14. The van der Waals surface area contributed by atoms with Gasteiger partial charge in [-0.2, -0.15) is 0 Å². The molecule has 0 spiro atoms. The molecule has 0 atom stereocenters. The fourth-order valence-electron chi connectivity index (χ4n) is 7.12. The zero-order valence-corrected chi connectivity index (χ0v) is 23.6. The van der Waals surface area contributed by atoms with Crippen LogP contribution in [0.2, 0.25) is 0 Å². The van der Waals surface area contributed by atoms with Crippen molar-refractivity contribution in [2.75, 3.05) is 0 Å². The van der Waals surface area contributed by atoms with E-state index < -0.39 is 0 Å². The Morgan fingerprint density at radius 2 is 0.756 bits per heavy atom. The van der Waals surface area contributed by atoms with Gasteiger partial charge < -0.3 is 29.9 Å². The van der Waals surface area contributed by atoms with Gasteiger partial charge >= 0.3 is 17.1 Å². The quantitative estimate of drug-likeness (QED) is 0.212. The van der Waals surface area contributed by atoms with Crippen molar-refractivity contribution in [3.05, 3.63) is 58.2 Å². The molecule has 2 aliphatic heterocycles. The monoisotopic (exact) mass is 587 g/mol. The standard InChI is InChI=1S/C32H28N8.Cu/c1-2-10-18-17(9-1)25-33-26(18)38-28-21-13-5-6-14-22(21)30(35-28)40-32-24-16-8-7-15-23(24)31(36-32)39-29-20-12-4-3-11-19(20)27(34-29)37-25;/h1-2,9-10H,3-8,11-16H2;/q-2;+2. The van der Waals surface area contributed by atoms with E-state index in [1.54, 1.807) is 0 Å². The molecule has 4 aromatic rings. The number of fused-ring (bicyclic) bond motifs is 19. The van der Waals surface area contributed by atoms with Crippen molar-refractivity contribution in [2.45, 2.75) is 77.0 Å². The maximum atomic E-state index is 5.14. The minimum Gasteiger partial charge on any atom is -0.358 e. The summed E-state index contributed by atoms with van der Waals surface area (Å²) < 4.78 is 0. The molecule has 0 amide bonds. The number of hydrogen-bond donors (Lipinski definition) is 0. The summed E-state index contributed by atoms with van der Waals surface area (Å²) in [7, 11) is 0. The van der Waals surface area contributed by atoms with Crippen LogP contribution in [0.3, 0.4) is 0 Å². The molecule has 0 saturated heterocycles. The zero-order valence-electron chi connectivity index (χ0n) is 22.7. The molecule has 0 unspecified atom stereocenters. The number of benzene rings is 1. The smallest absolute Gasteiger partial charge is 0.358 e. The molecule has 0 saturated carbocycles. The van der Waals surface area contributed by atoms with Gasteiger partial charge in [-0.1, -0.05) is 24.3 Å². The molecule has 8 bridgehead atoms. The minimum atomic E-state index is 0. The molecule has 1 radical (unpaired) electrons. The van der Waals surface area contributed by atoms with Crippen LogP contribution in [0.5, 0.6) is 0 Å². The predicted molar refractivity (Wildman–Crippen MR) is 153 cm³/mol. The van der Waals surface area contributed by atoms with E-state index in [-0.39, 0.29) is 17.1 Å². The molecule has 8 nitrogen and oxygen atoms in total. The third-order valence-electron chi connectivity index (χ3n) is 9.13. The number of aryl methyl sites for hydroxylation is 4. The summed E-state index contributed by atoms with van der Waals surface area (Å²) in [6, 6.07) is 8.21. The summed E-state index contributed by atoms with van der Waals surface area (Å²) in [5.74, 6) is 2.88. The summed E-state index contributed by atoms with van der Waals surface area (Å²) in [4.78, 5) is 40.5. The Labute approximate surface area is 248 Å². The van der Waals surface area contributed by atoms with E-state index in [0.717, 1.165) is 122 Å². The van der Waals surface area contributed by atoms with Crippen LogP contribution in [0.25, 0.3) is 56.5 Å². The van der Waals surface area contributed by atoms with Crippen LogP contribution >= 0.6 is 0 Å². The third-order valence-corrected chi connectivity index (χ3v) is 9.13. The van der Waals surface area contributed by atoms with Crippen LogP contribution in [0.1, 0.15) is 85.3 Å². The van der Waals surface area contributed by atoms with Gasteiger partial charge in [-0.15, -0.1) is 0 Å². The van der Waals surface area contributed by atoms with E-state index in [1.807, 2.05) is 12.1 Å². The molecule has 207 valence electrons. The number of allylic oxidation sites excluding steroid dienone is 2. The Balaban J connectivity index is 0.00000256. The molecule has 0 fully saturated rings. The van der Waals surface area contributed by atoms with Gasteiger partial charge in [-0.05, 0) is 110 Å². The maximum Gasteiger partial charge on any atom is 2.00 e. The topological polar surface area (TPSA) is 106 Å². The van der Waals surface area contributed by atoms with Crippen molar-refractivity contribution >= 4 is 33.7 Å². The molecule has 0 N–H and O–H groups in total. The Kier molecular flexibility index (Phi) is 5.93. The van der Waals surface area contributed by atoms with Gasteiger partial charge in [0.2, 0.25) is 0 Å². The van der Waals surface area contributed by atoms with Gasteiger partial charge in [0.15, 0.2) is 0 Å². The molecule has 1 aromatic carbocycles. The van der Waals surface area contributed by atoms with Crippen molar-refractivity contribution < 1.29 is 17.1 Å². The fourth-order valence-corrected chi connectivity index (χ4v) is 7.12. The SMILES string of the molecule is [Cu+2].c1ccc2c(c1)-c1nc-2nc2[n-]c(nc3nc(nc4[n-]c(n1)c1c4CCCC1)C1=C3CCCC1)c1c2CCCC1. The van der Waals surface area contributed by atoms with Crippen LogP contribution < -0.4 is 9.97 Å². The molecule has 9 rings (SSSR count). The molecule has 41 heavy (non-hydrogen) atoms. The second kappa shape index (κ2) is 9.71. The number of hydrogen-bond acceptors (Lipinski definition) is 6. The van der Waals surface area contributed by atoms with E-state index in [4.69, 9.17) is 39.9 Å². The van der Waals surface area contributed by atoms with Crippen LogP contribution in [-0.4, -0.2) is 29.9 Å². The van der Waals surface area contributed by atoms with Crippen molar-refractivity contribution in [3.8, 4) is 22.8 Å². The van der Waals surface area contributed by atoms with E-state index >= 15 is 0 Å². The van der Waals surface area contributed by atoms with Crippen LogP contribution in [0, 0.1) is 0 Å². The summed E-state index contributed by atoms with van der Waals surface area (Å²) in [6.45, 7) is 0. The normalized spacial score (nSPS) is 17.3. The molecule has 5 heterocycles. The summed E-state index contributed by atoms with van der Waals surface area (Å²) in [5.41, 5.74) is 12.3. The molecule has 3 aromatic heterocycles. The summed E-state index contributed by atoms with van der Waals surface area (Å²) in [6.07, 6.45) is 12.7. The van der Waals surface area contributed by atoms with Gasteiger partial charge in [0, 0.05) is 33.7 Å². The van der Waals surface area contributed by atoms with E-state index in [9.17, 15) is 0 Å². The van der Waals surface area contributed by atoms with Crippen LogP contribution in [0.4, 0.5) is 0 Å². The van der Waals surface area contributed by atoms with Gasteiger partial charge in [0.1, 0.15) is 0 Å². The predicted octanol–water partition coefficient (Wildman–Crippen LogP) is 5.73. The van der Waals surface area contributed by atoms with E-state index in [2.05, 4.69) is 12.1 Å². The zero-order chi connectivity index (χ0) is 26.2. The number of aromatic nitrogens is 8. The first-order valence-electron chi connectivity index (χ1n) is 14.8. The van der Waals surface area contributed by atoms with Gasteiger partial charge in [0.25, 0.3) is 0 Å². The largest absolute Gasteiger partial charge is 2.00 e. The second-order valence-electron chi connectivity index (χ2n) is 11.5. The van der Waals surface area contributed by atoms with Crippen molar-refractivity contribution in [2.24, 2.45) is 0 Å². The summed E-state index contributed by atoms with van der Waals surface area (Å²) >= 11 is 0. The first-order chi connectivity index (χ1) is 19.8. The van der Waals surface area contributed by atoms with Crippen molar-refractivity contribution in [1.29, 1.82) is 0 Å².